The van der Waals surface area contributed by atoms with Crippen LogP contribution in [0.25, 0.3) is 0 Å². The van der Waals surface area contributed by atoms with E-state index in [1.54, 1.807) is 7.11 Å². The average Bonchev–Trinajstić information content (AvgIpc) is 2.17. The minimum absolute atomic E-state index is 0.00972. The van der Waals surface area contributed by atoms with E-state index >= 15 is 0 Å². The average molecular weight is 272 g/mol. The van der Waals surface area contributed by atoms with Crippen molar-refractivity contribution >= 4 is 21.8 Å². The zero-order chi connectivity index (χ0) is 11.4. The minimum Gasteiger partial charge on any atom is -0.496 e. The molecule has 0 fully saturated rings. The summed E-state index contributed by atoms with van der Waals surface area (Å²) in [4.78, 5) is 10.9. The van der Waals surface area contributed by atoms with Crippen molar-refractivity contribution in [3.8, 4) is 5.75 Å². The summed E-state index contributed by atoms with van der Waals surface area (Å²) in [5.74, 6) is 0.731. The van der Waals surface area contributed by atoms with Gasteiger partial charge in [0, 0.05) is 6.92 Å². The number of rotatable bonds is 3. The lowest BCUT2D eigenvalue weighted by Gasteiger charge is -2.14. The number of hydrogen-bond donors (Lipinski definition) is 1. The van der Waals surface area contributed by atoms with E-state index in [1.165, 1.54) is 6.92 Å². The third kappa shape index (κ3) is 3.23. The van der Waals surface area contributed by atoms with Gasteiger partial charge in [-0.3, -0.25) is 4.79 Å². The van der Waals surface area contributed by atoms with Gasteiger partial charge in [0.25, 0.3) is 0 Å². The Balaban J connectivity index is 2.90. The molecule has 0 heterocycles. The van der Waals surface area contributed by atoms with Crippen molar-refractivity contribution in [1.82, 2.24) is 5.32 Å². The summed E-state index contributed by atoms with van der Waals surface area (Å²) in [7, 11) is 1.62. The number of carbonyl (C=O) groups is 1. The van der Waals surface area contributed by atoms with Crippen molar-refractivity contribution in [3.63, 3.8) is 0 Å². The first-order valence-electron chi connectivity index (χ1n) is 4.65. The topological polar surface area (TPSA) is 38.3 Å². The second-order valence-corrected chi connectivity index (χ2v) is 4.17. The van der Waals surface area contributed by atoms with Crippen LogP contribution >= 0.6 is 15.9 Å². The van der Waals surface area contributed by atoms with Crippen molar-refractivity contribution in [2.75, 3.05) is 7.11 Å². The smallest absolute Gasteiger partial charge is 0.217 e. The Labute approximate surface area is 97.9 Å². The van der Waals surface area contributed by atoms with E-state index < -0.39 is 0 Å². The highest BCUT2D eigenvalue weighted by atomic mass is 79.9. The van der Waals surface area contributed by atoms with Crippen LogP contribution in [-0.4, -0.2) is 13.0 Å². The van der Waals surface area contributed by atoms with Crippen LogP contribution in [-0.2, 0) is 4.79 Å². The number of nitrogens with one attached hydrogen (secondary N) is 1. The van der Waals surface area contributed by atoms with Crippen LogP contribution in [0, 0.1) is 0 Å². The second-order valence-electron chi connectivity index (χ2n) is 3.32. The lowest BCUT2D eigenvalue weighted by atomic mass is 10.1. The highest BCUT2D eigenvalue weighted by Crippen LogP contribution is 2.27. The Morgan fingerprint density at radius 2 is 2.20 bits per heavy atom. The molecular formula is C11H14BrNO2. The zero-order valence-corrected chi connectivity index (χ0v) is 10.6. The summed E-state index contributed by atoms with van der Waals surface area (Å²) in [5.41, 5.74) is 1.02. The molecule has 0 spiro atoms. The van der Waals surface area contributed by atoms with Gasteiger partial charge in [0.2, 0.25) is 5.91 Å². The van der Waals surface area contributed by atoms with E-state index in [2.05, 4.69) is 21.2 Å². The van der Waals surface area contributed by atoms with Gasteiger partial charge < -0.3 is 10.1 Å². The van der Waals surface area contributed by atoms with Gasteiger partial charge in [-0.05, 0) is 40.5 Å². The van der Waals surface area contributed by atoms with E-state index in [0.717, 1.165) is 15.8 Å². The molecule has 1 amide bonds. The van der Waals surface area contributed by atoms with Crippen LogP contribution in [0.3, 0.4) is 0 Å². The van der Waals surface area contributed by atoms with Gasteiger partial charge in [-0.1, -0.05) is 6.07 Å². The van der Waals surface area contributed by atoms with Crippen LogP contribution in [0.2, 0.25) is 0 Å². The van der Waals surface area contributed by atoms with Gasteiger partial charge in [-0.15, -0.1) is 0 Å². The molecule has 0 aliphatic heterocycles. The van der Waals surface area contributed by atoms with Gasteiger partial charge in [0.1, 0.15) is 5.75 Å². The molecule has 4 heteroatoms. The molecule has 0 aliphatic carbocycles. The predicted molar refractivity (Wildman–Crippen MR) is 62.9 cm³/mol. The molecule has 1 aromatic rings. The standard InChI is InChI=1S/C11H14BrNO2/c1-7(13-8(2)14)9-4-5-10(12)11(6-9)15-3/h4-7H,1-3H3,(H,13,14)/t7-/m0/s1. The van der Waals surface area contributed by atoms with E-state index in [0.29, 0.717) is 0 Å². The number of halogens is 1. The van der Waals surface area contributed by atoms with Crippen molar-refractivity contribution in [2.24, 2.45) is 0 Å². The summed E-state index contributed by atoms with van der Waals surface area (Å²) < 4.78 is 6.09. The molecule has 0 aromatic heterocycles. The Kier molecular flexibility index (Phi) is 4.15. The van der Waals surface area contributed by atoms with Gasteiger partial charge in [0.05, 0.1) is 17.6 Å². The van der Waals surface area contributed by atoms with Crippen LogP contribution < -0.4 is 10.1 Å². The van der Waals surface area contributed by atoms with Crippen molar-refractivity contribution in [1.29, 1.82) is 0 Å². The van der Waals surface area contributed by atoms with Gasteiger partial charge in [-0.2, -0.15) is 0 Å². The molecule has 0 saturated carbocycles. The number of ether oxygens (including phenoxy) is 1. The summed E-state index contributed by atoms with van der Waals surface area (Å²) >= 11 is 3.38. The first-order valence-corrected chi connectivity index (χ1v) is 5.44. The van der Waals surface area contributed by atoms with E-state index in [-0.39, 0.29) is 11.9 Å². The fourth-order valence-electron chi connectivity index (χ4n) is 1.33. The molecule has 0 saturated heterocycles. The Bertz CT molecular complexity index is 366. The van der Waals surface area contributed by atoms with Gasteiger partial charge in [0.15, 0.2) is 0 Å². The SMILES string of the molecule is COc1cc([C@H](C)NC(C)=O)ccc1Br. The van der Waals surface area contributed by atoms with Crippen LogP contribution in [0.1, 0.15) is 25.5 Å². The van der Waals surface area contributed by atoms with Crippen LogP contribution in [0.15, 0.2) is 22.7 Å². The molecule has 1 aromatic carbocycles. The number of methoxy groups -OCH3 is 1. The third-order valence-electron chi connectivity index (χ3n) is 2.09. The second kappa shape index (κ2) is 5.16. The third-order valence-corrected chi connectivity index (χ3v) is 2.75. The maximum absolute atomic E-state index is 10.9. The van der Waals surface area contributed by atoms with Gasteiger partial charge in [-0.25, -0.2) is 0 Å². The van der Waals surface area contributed by atoms with E-state index in [9.17, 15) is 4.79 Å². The predicted octanol–water partition coefficient (Wildman–Crippen LogP) is 2.65. The molecule has 15 heavy (non-hydrogen) atoms. The maximum Gasteiger partial charge on any atom is 0.217 e. The summed E-state index contributed by atoms with van der Waals surface area (Å²) in [5, 5.41) is 2.82. The monoisotopic (exact) mass is 271 g/mol. The maximum atomic E-state index is 10.9. The molecule has 1 rings (SSSR count). The molecule has 0 aliphatic rings. The highest BCUT2D eigenvalue weighted by molar-refractivity contribution is 9.10. The molecule has 1 atom stereocenters. The van der Waals surface area contributed by atoms with Crippen molar-refractivity contribution < 1.29 is 9.53 Å². The largest absolute Gasteiger partial charge is 0.496 e. The van der Waals surface area contributed by atoms with Gasteiger partial charge >= 0.3 is 0 Å². The Morgan fingerprint density at radius 1 is 1.53 bits per heavy atom. The summed E-state index contributed by atoms with van der Waals surface area (Å²) in [6, 6.07) is 5.76. The Morgan fingerprint density at radius 3 is 2.73 bits per heavy atom. The fourth-order valence-corrected chi connectivity index (χ4v) is 1.74. The number of carbonyl (C=O) groups excluding carboxylic acids is 1. The molecule has 1 N–H and O–H groups in total. The number of benzene rings is 1. The number of amides is 1. The van der Waals surface area contributed by atoms with E-state index in [1.807, 2.05) is 25.1 Å². The zero-order valence-electron chi connectivity index (χ0n) is 9.00. The molecule has 0 unspecified atom stereocenters. The van der Waals surface area contributed by atoms with Crippen molar-refractivity contribution in [3.05, 3.63) is 28.2 Å². The normalized spacial score (nSPS) is 12.0. The first kappa shape index (κ1) is 12.0. The Hall–Kier alpha value is -1.03. The van der Waals surface area contributed by atoms with Crippen LogP contribution in [0.5, 0.6) is 5.75 Å². The molecule has 0 radical (unpaired) electrons. The summed E-state index contributed by atoms with van der Waals surface area (Å²) in [6.45, 7) is 3.44. The van der Waals surface area contributed by atoms with Crippen molar-refractivity contribution in [2.45, 2.75) is 19.9 Å². The number of hydrogen-bond acceptors (Lipinski definition) is 2. The fraction of sp³-hybridized carbons (Fsp3) is 0.364. The quantitative estimate of drug-likeness (QED) is 0.918. The minimum atomic E-state index is -0.0376. The first-order chi connectivity index (χ1) is 7.04. The lowest BCUT2D eigenvalue weighted by Crippen LogP contribution is -2.23. The van der Waals surface area contributed by atoms with E-state index in [4.69, 9.17) is 4.74 Å². The highest BCUT2D eigenvalue weighted by Gasteiger charge is 2.09. The lowest BCUT2D eigenvalue weighted by molar-refractivity contribution is -0.119. The molecule has 0 bridgehead atoms. The summed E-state index contributed by atoms with van der Waals surface area (Å²) in [6.07, 6.45) is 0. The molecule has 3 nitrogen and oxygen atoms in total. The molecule has 82 valence electrons. The van der Waals surface area contributed by atoms with Crippen LogP contribution in [0.4, 0.5) is 0 Å². The molecular weight excluding hydrogens is 258 g/mol.